The minimum absolute atomic E-state index is 0.241. The summed E-state index contributed by atoms with van der Waals surface area (Å²) in [4.78, 5) is 11.2. The molecular formula is C17H20FN5. The number of nitrogens with two attached hydrogens (primary N) is 1. The van der Waals surface area contributed by atoms with Crippen molar-refractivity contribution in [2.75, 3.05) is 30.8 Å². The number of anilines is 2. The molecule has 1 aliphatic heterocycles. The van der Waals surface area contributed by atoms with Crippen molar-refractivity contribution in [3.63, 3.8) is 0 Å². The van der Waals surface area contributed by atoms with E-state index in [0.717, 1.165) is 60.6 Å². The van der Waals surface area contributed by atoms with Gasteiger partial charge in [0.25, 0.3) is 0 Å². The monoisotopic (exact) mass is 313 g/mol. The van der Waals surface area contributed by atoms with Crippen LogP contribution in [0.5, 0.6) is 0 Å². The van der Waals surface area contributed by atoms with E-state index in [0.29, 0.717) is 6.04 Å². The number of halogens is 1. The molecule has 2 aliphatic rings. The van der Waals surface area contributed by atoms with Gasteiger partial charge in [0.15, 0.2) is 0 Å². The average Bonchev–Trinajstić information content (AvgIpc) is 2.66. The van der Waals surface area contributed by atoms with Crippen LogP contribution in [-0.4, -0.2) is 36.1 Å². The first-order valence-corrected chi connectivity index (χ1v) is 8.03. The molecule has 1 aromatic heterocycles. The minimum atomic E-state index is -0.241. The van der Waals surface area contributed by atoms with Crippen molar-refractivity contribution in [1.29, 1.82) is 0 Å². The second kappa shape index (κ2) is 5.45. The zero-order valence-electron chi connectivity index (χ0n) is 13.1. The van der Waals surface area contributed by atoms with E-state index in [2.05, 4.69) is 20.2 Å². The van der Waals surface area contributed by atoms with Crippen LogP contribution in [-0.2, 0) is 12.8 Å². The third kappa shape index (κ3) is 2.43. The number of nitrogens with zero attached hydrogens (tertiary/aromatic N) is 3. The molecule has 2 heterocycles. The summed E-state index contributed by atoms with van der Waals surface area (Å²) in [7, 11) is 1.97. The highest BCUT2D eigenvalue weighted by Gasteiger charge is 2.31. The van der Waals surface area contributed by atoms with Gasteiger partial charge in [-0.1, -0.05) is 6.07 Å². The molecule has 2 aromatic rings. The molecule has 0 spiro atoms. The fourth-order valence-corrected chi connectivity index (χ4v) is 3.48. The first-order valence-electron chi connectivity index (χ1n) is 8.03. The van der Waals surface area contributed by atoms with E-state index in [-0.39, 0.29) is 11.8 Å². The van der Waals surface area contributed by atoms with Gasteiger partial charge in [-0.2, -0.15) is 4.98 Å². The maximum atomic E-state index is 13.8. The van der Waals surface area contributed by atoms with Crippen molar-refractivity contribution in [2.24, 2.45) is 0 Å². The van der Waals surface area contributed by atoms with E-state index in [1.807, 2.05) is 13.1 Å². The van der Waals surface area contributed by atoms with Gasteiger partial charge in [-0.25, -0.2) is 9.37 Å². The average molecular weight is 313 g/mol. The number of benzene rings is 1. The van der Waals surface area contributed by atoms with E-state index in [9.17, 15) is 4.39 Å². The minimum Gasteiger partial charge on any atom is -0.368 e. The molecule has 3 N–H and O–H groups in total. The zero-order valence-corrected chi connectivity index (χ0v) is 13.1. The summed E-state index contributed by atoms with van der Waals surface area (Å²) < 4.78 is 13.8. The Morgan fingerprint density at radius 1 is 1.26 bits per heavy atom. The molecule has 0 saturated carbocycles. The summed E-state index contributed by atoms with van der Waals surface area (Å²) in [6.45, 7) is 1.82. The van der Waals surface area contributed by atoms with Crippen LogP contribution in [0.3, 0.4) is 0 Å². The van der Waals surface area contributed by atoms with Crippen LogP contribution in [0.25, 0.3) is 11.3 Å². The van der Waals surface area contributed by atoms with Crippen molar-refractivity contribution < 1.29 is 4.39 Å². The molecule has 0 amide bonds. The molecular weight excluding hydrogens is 293 g/mol. The van der Waals surface area contributed by atoms with Gasteiger partial charge in [0.05, 0.1) is 5.69 Å². The number of hydrogen-bond donors (Lipinski definition) is 2. The van der Waals surface area contributed by atoms with Crippen LogP contribution >= 0.6 is 0 Å². The third-order valence-electron chi connectivity index (χ3n) is 4.79. The first kappa shape index (κ1) is 14.4. The Morgan fingerprint density at radius 3 is 2.87 bits per heavy atom. The van der Waals surface area contributed by atoms with Gasteiger partial charge in [-0.05, 0) is 44.0 Å². The van der Waals surface area contributed by atoms with Crippen LogP contribution in [0, 0.1) is 5.82 Å². The summed E-state index contributed by atoms with van der Waals surface area (Å²) in [6, 6.07) is 5.43. The summed E-state index contributed by atoms with van der Waals surface area (Å²) in [5.74, 6) is 0.925. The van der Waals surface area contributed by atoms with Gasteiger partial charge in [0.1, 0.15) is 11.6 Å². The Morgan fingerprint density at radius 2 is 2.09 bits per heavy atom. The van der Waals surface area contributed by atoms with Crippen molar-refractivity contribution >= 4 is 11.8 Å². The van der Waals surface area contributed by atoms with Gasteiger partial charge < -0.3 is 16.0 Å². The van der Waals surface area contributed by atoms with Crippen LogP contribution < -0.4 is 16.0 Å². The van der Waals surface area contributed by atoms with Crippen LogP contribution in [0.1, 0.15) is 17.5 Å². The van der Waals surface area contributed by atoms with Crippen LogP contribution in [0.15, 0.2) is 18.2 Å². The second-order valence-corrected chi connectivity index (χ2v) is 6.28. The molecule has 5 nitrogen and oxygen atoms in total. The number of likely N-dealkylation sites (N-methyl/N-ethyl adjacent to an activating group) is 1. The van der Waals surface area contributed by atoms with E-state index in [4.69, 9.17) is 5.73 Å². The summed E-state index contributed by atoms with van der Waals surface area (Å²) in [6.07, 6.45) is 2.82. The highest BCUT2D eigenvalue weighted by atomic mass is 19.1. The van der Waals surface area contributed by atoms with E-state index in [1.165, 1.54) is 6.07 Å². The van der Waals surface area contributed by atoms with Gasteiger partial charge >= 0.3 is 0 Å². The Hall–Kier alpha value is -2.21. The largest absolute Gasteiger partial charge is 0.368 e. The van der Waals surface area contributed by atoms with E-state index < -0.39 is 0 Å². The lowest BCUT2D eigenvalue weighted by Gasteiger charge is -2.41. The first-order chi connectivity index (χ1) is 11.2. The Kier molecular flexibility index (Phi) is 3.41. The highest BCUT2D eigenvalue weighted by molar-refractivity contribution is 5.74. The normalized spacial score (nSPS) is 17.2. The van der Waals surface area contributed by atoms with Crippen molar-refractivity contribution in [3.8, 4) is 11.3 Å². The number of nitrogens with one attached hydrogen (secondary N) is 1. The summed E-state index contributed by atoms with van der Waals surface area (Å²) in [5.41, 5.74) is 9.84. The number of rotatable bonds is 2. The molecule has 120 valence electrons. The van der Waals surface area contributed by atoms with E-state index in [1.54, 1.807) is 6.07 Å². The summed E-state index contributed by atoms with van der Waals surface area (Å²) in [5, 5.41) is 3.27. The van der Waals surface area contributed by atoms with Gasteiger partial charge in [-0.3, -0.25) is 0 Å². The smallest absolute Gasteiger partial charge is 0.222 e. The van der Waals surface area contributed by atoms with Gasteiger partial charge in [0, 0.05) is 30.3 Å². The SMILES string of the molecule is CNC1CN(c2nc(N)nc3c2CCCc2ccc(F)cc2-3)C1. The predicted octanol–water partition coefficient (Wildman–Crippen LogP) is 1.76. The fraction of sp³-hybridized carbons (Fsp3) is 0.412. The van der Waals surface area contributed by atoms with Gasteiger partial charge in [0.2, 0.25) is 5.95 Å². The molecule has 1 saturated heterocycles. The van der Waals surface area contributed by atoms with Crippen LogP contribution in [0.4, 0.5) is 16.2 Å². The molecule has 1 aliphatic carbocycles. The predicted molar refractivity (Wildman–Crippen MR) is 88.9 cm³/mol. The third-order valence-corrected chi connectivity index (χ3v) is 4.79. The Balaban J connectivity index is 1.84. The zero-order chi connectivity index (χ0) is 16.0. The molecule has 4 rings (SSSR count). The fourth-order valence-electron chi connectivity index (χ4n) is 3.48. The molecule has 23 heavy (non-hydrogen) atoms. The quantitative estimate of drug-likeness (QED) is 0.884. The Bertz CT molecular complexity index is 755. The number of hydrogen-bond acceptors (Lipinski definition) is 5. The number of aryl methyl sites for hydroxylation is 1. The van der Waals surface area contributed by atoms with Crippen molar-refractivity contribution in [1.82, 2.24) is 15.3 Å². The standard InChI is InChI=1S/C17H20FN5/c1-20-12-8-23(9-12)16-13-4-2-3-10-5-6-11(18)7-14(10)15(13)21-17(19)22-16/h5-7,12,20H,2-4,8-9H2,1H3,(H2,19,21,22). The Labute approximate surface area is 134 Å². The second-order valence-electron chi connectivity index (χ2n) is 6.28. The molecule has 0 bridgehead atoms. The molecule has 6 heteroatoms. The molecule has 1 aromatic carbocycles. The lowest BCUT2D eigenvalue weighted by Crippen LogP contribution is -2.57. The molecule has 1 fully saturated rings. The number of fused-ring (bicyclic) bond motifs is 3. The lowest BCUT2D eigenvalue weighted by atomic mass is 10.0. The van der Waals surface area contributed by atoms with Crippen molar-refractivity contribution in [2.45, 2.75) is 25.3 Å². The molecule has 0 atom stereocenters. The maximum Gasteiger partial charge on any atom is 0.222 e. The van der Waals surface area contributed by atoms with Gasteiger partial charge in [-0.15, -0.1) is 0 Å². The number of aromatic nitrogens is 2. The van der Waals surface area contributed by atoms with Crippen molar-refractivity contribution in [3.05, 3.63) is 35.1 Å². The molecule has 0 radical (unpaired) electrons. The highest BCUT2D eigenvalue weighted by Crippen LogP contribution is 2.37. The summed E-state index contributed by atoms with van der Waals surface area (Å²) >= 11 is 0. The maximum absolute atomic E-state index is 13.8. The van der Waals surface area contributed by atoms with E-state index >= 15 is 0 Å². The lowest BCUT2D eigenvalue weighted by molar-refractivity contribution is 0.446. The van der Waals surface area contributed by atoms with Crippen LogP contribution in [0.2, 0.25) is 0 Å². The number of nitrogen functional groups attached to an aromatic ring is 1. The molecule has 0 unspecified atom stereocenters. The topological polar surface area (TPSA) is 67.1 Å².